The molecule has 0 saturated carbocycles. The normalized spacial score (nSPS) is 16.0. The molecule has 3 aliphatic rings. The molecule has 3 nitrogen and oxygen atoms in total. The van der Waals surface area contributed by atoms with E-state index in [1.807, 2.05) is 12.4 Å². The van der Waals surface area contributed by atoms with E-state index in [-0.39, 0.29) is 6.04 Å². The van der Waals surface area contributed by atoms with Crippen molar-refractivity contribution in [2.75, 3.05) is 0 Å². The number of para-hydroxylation sites is 1. The molecule has 56 heavy (non-hydrogen) atoms. The summed E-state index contributed by atoms with van der Waals surface area (Å²) in [5.41, 5.74) is 19.3. The molecule has 3 heterocycles. The first-order valence-electron chi connectivity index (χ1n) is 19.5. The third-order valence-electron chi connectivity index (χ3n) is 12.4. The Kier molecular flexibility index (Phi) is 6.67. The number of benzene rings is 7. The lowest BCUT2D eigenvalue weighted by molar-refractivity contribution is 0.747. The quantitative estimate of drug-likeness (QED) is 0.179. The zero-order chi connectivity index (χ0) is 36.8. The largest absolute Gasteiger partial charge is 0.307 e. The molecule has 0 N–H and O–H groups in total. The second-order valence-electron chi connectivity index (χ2n) is 15.2. The maximum absolute atomic E-state index is 5.29. The Labute approximate surface area is 325 Å². The fraction of sp³-hybridized carbons (Fsp3) is 0.0566. The second-order valence-corrected chi connectivity index (χ2v) is 15.2. The van der Waals surface area contributed by atoms with Crippen LogP contribution in [0.1, 0.15) is 51.4 Å². The van der Waals surface area contributed by atoms with Crippen molar-refractivity contribution in [3.05, 3.63) is 233 Å². The molecule has 2 aromatic heterocycles. The molecule has 1 aliphatic heterocycles. The summed E-state index contributed by atoms with van der Waals surface area (Å²) in [4.78, 5) is 10.3. The van der Waals surface area contributed by atoms with Gasteiger partial charge in [0.05, 0.1) is 40.1 Å². The Morgan fingerprint density at radius 1 is 0.518 bits per heavy atom. The number of hydrogen-bond acceptors (Lipinski definition) is 2. The molecule has 262 valence electrons. The van der Waals surface area contributed by atoms with E-state index in [4.69, 9.17) is 9.98 Å². The number of rotatable bonds is 4. The zero-order valence-electron chi connectivity index (χ0n) is 30.6. The maximum atomic E-state index is 5.29. The van der Waals surface area contributed by atoms with E-state index in [1.165, 1.54) is 77.5 Å². The van der Waals surface area contributed by atoms with Crippen molar-refractivity contribution < 1.29 is 0 Å². The Hall–Kier alpha value is -7.10. The summed E-state index contributed by atoms with van der Waals surface area (Å²) in [5.74, 6) is 0. The van der Waals surface area contributed by atoms with E-state index in [0.29, 0.717) is 0 Å². The molecular formula is C53H35N3. The molecule has 12 rings (SSSR count). The van der Waals surface area contributed by atoms with E-state index in [1.54, 1.807) is 0 Å². The van der Waals surface area contributed by atoms with Crippen molar-refractivity contribution in [3.63, 3.8) is 0 Å². The van der Waals surface area contributed by atoms with Gasteiger partial charge in [0.25, 0.3) is 0 Å². The highest BCUT2D eigenvalue weighted by Crippen LogP contribution is 2.64. The highest BCUT2D eigenvalue weighted by atomic mass is 15.0. The minimum absolute atomic E-state index is 0.0106. The van der Waals surface area contributed by atoms with E-state index < -0.39 is 5.41 Å². The first-order chi connectivity index (χ1) is 27.8. The van der Waals surface area contributed by atoms with Gasteiger partial charge >= 0.3 is 0 Å². The van der Waals surface area contributed by atoms with Gasteiger partial charge in [-0.2, -0.15) is 0 Å². The van der Waals surface area contributed by atoms with E-state index in [9.17, 15) is 0 Å². The van der Waals surface area contributed by atoms with E-state index in [0.717, 1.165) is 28.9 Å². The van der Waals surface area contributed by atoms with Gasteiger partial charge < -0.3 is 4.57 Å². The van der Waals surface area contributed by atoms with Gasteiger partial charge in [0.2, 0.25) is 0 Å². The lowest BCUT2D eigenvalue weighted by Gasteiger charge is -2.30. The Morgan fingerprint density at radius 2 is 1.14 bits per heavy atom. The molecule has 1 unspecified atom stereocenters. The zero-order valence-corrected chi connectivity index (χ0v) is 30.6. The third-order valence-corrected chi connectivity index (χ3v) is 12.4. The van der Waals surface area contributed by atoms with Crippen molar-refractivity contribution in [1.82, 2.24) is 9.55 Å². The highest BCUT2D eigenvalue weighted by Gasteiger charge is 2.52. The number of allylic oxidation sites excluding steroid dienone is 1. The average molecular weight is 714 g/mol. The monoisotopic (exact) mass is 713 g/mol. The summed E-state index contributed by atoms with van der Waals surface area (Å²) >= 11 is 0. The van der Waals surface area contributed by atoms with Gasteiger partial charge in [0.1, 0.15) is 0 Å². The summed E-state index contributed by atoms with van der Waals surface area (Å²) < 4.78 is 2.48. The smallest absolute Gasteiger partial charge is 0.0796 e. The summed E-state index contributed by atoms with van der Waals surface area (Å²) in [6.07, 6.45) is 7.13. The fourth-order valence-corrected chi connectivity index (χ4v) is 10.1. The molecule has 0 saturated heterocycles. The SMILES string of the molecule is C1=C(c2cncc(-n3c4ccccc4c4ccc5c(c43)-c3ccccc3C53c4ccccc4-c4ccccc43)c2)CC(c2ccccc2)N=C1c1ccccc1. The van der Waals surface area contributed by atoms with Crippen molar-refractivity contribution in [3.8, 4) is 27.9 Å². The lowest BCUT2D eigenvalue weighted by Crippen LogP contribution is -2.25. The molecule has 0 bridgehead atoms. The van der Waals surface area contributed by atoms with Crippen molar-refractivity contribution >= 4 is 33.1 Å². The van der Waals surface area contributed by atoms with Crippen molar-refractivity contribution in [2.45, 2.75) is 17.9 Å². The summed E-state index contributed by atoms with van der Waals surface area (Å²) in [7, 11) is 0. The number of aromatic nitrogens is 2. The Morgan fingerprint density at radius 3 is 1.89 bits per heavy atom. The van der Waals surface area contributed by atoms with Crippen LogP contribution in [0.15, 0.2) is 199 Å². The van der Waals surface area contributed by atoms with Gasteiger partial charge in [-0.3, -0.25) is 9.98 Å². The van der Waals surface area contributed by atoms with Crippen LogP contribution in [-0.2, 0) is 5.41 Å². The van der Waals surface area contributed by atoms with E-state index >= 15 is 0 Å². The van der Waals surface area contributed by atoms with E-state index in [2.05, 4.69) is 187 Å². The number of dihydropyridines is 1. The van der Waals surface area contributed by atoms with Crippen LogP contribution in [-0.4, -0.2) is 15.3 Å². The average Bonchev–Trinajstić information content (AvgIpc) is 3.89. The van der Waals surface area contributed by atoms with Crippen LogP contribution in [0.3, 0.4) is 0 Å². The number of pyridine rings is 1. The summed E-state index contributed by atoms with van der Waals surface area (Å²) in [5, 5.41) is 2.48. The van der Waals surface area contributed by atoms with Crippen molar-refractivity contribution in [1.29, 1.82) is 0 Å². The minimum Gasteiger partial charge on any atom is -0.307 e. The number of hydrogen-bond donors (Lipinski definition) is 0. The molecule has 0 fully saturated rings. The first-order valence-corrected chi connectivity index (χ1v) is 19.5. The molecule has 7 aromatic carbocycles. The van der Waals surface area contributed by atoms with Crippen LogP contribution < -0.4 is 0 Å². The van der Waals surface area contributed by atoms with Crippen LogP contribution in [0.2, 0.25) is 0 Å². The van der Waals surface area contributed by atoms with Gasteiger partial charge in [-0.1, -0.05) is 164 Å². The van der Waals surface area contributed by atoms with Crippen LogP contribution in [0, 0.1) is 0 Å². The fourth-order valence-electron chi connectivity index (χ4n) is 10.1. The molecular weight excluding hydrogens is 679 g/mol. The lowest BCUT2D eigenvalue weighted by atomic mass is 9.70. The van der Waals surface area contributed by atoms with Crippen LogP contribution >= 0.6 is 0 Å². The van der Waals surface area contributed by atoms with Crippen LogP contribution in [0.5, 0.6) is 0 Å². The topological polar surface area (TPSA) is 30.2 Å². The highest BCUT2D eigenvalue weighted by molar-refractivity contribution is 6.17. The maximum Gasteiger partial charge on any atom is 0.0796 e. The van der Waals surface area contributed by atoms with Crippen molar-refractivity contribution in [2.24, 2.45) is 4.99 Å². The molecule has 3 heteroatoms. The van der Waals surface area contributed by atoms with Crippen LogP contribution in [0.4, 0.5) is 0 Å². The van der Waals surface area contributed by atoms with Gasteiger partial charge in [0, 0.05) is 22.5 Å². The van der Waals surface area contributed by atoms with Gasteiger partial charge in [-0.05, 0) is 85.8 Å². The Balaban J connectivity index is 1.11. The van der Waals surface area contributed by atoms with Gasteiger partial charge in [-0.15, -0.1) is 0 Å². The first kappa shape index (κ1) is 31.3. The molecule has 2 aliphatic carbocycles. The Bertz CT molecular complexity index is 3070. The molecule has 1 spiro atoms. The number of nitrogens with zero attached hydrogens (tertiary/aromatic N) is 3. The number of aliphatic imine (C=N–C) groups is 1. The predicted octanol–water partition coefficient (Wildman–Crippen LogP) is 12.5. The predicted molar refractivity (Wildman–Crippen MR) is 230 cm³/mol. The molecule has 9 aromatic rings. The third kappa shape index (κ3) is 4.28. The molecule has 0 amide bonds. The minimum atomic E-state index is -0.415. The van der Waals surface area contributed by atoms with Crippen LogP contribution in [0.25, 0.3) is 55.3 Å². The van der Waals surface area contributed by atoms with Gasteiger partial charge in [0.15, 0.2) is 0 Å². The second kappa shape index (κ2) is 11.9. The molecule has 1 atom stereocenters. The summed E-state index contributed by atoms with van der Waals surface area (Å²) in [6, 6.07) is 64.4. The standard InChI is InChI=1S/C53H35N3/c1-3-15-34(16-4-1)48-30-36(31-49(55-48)35-17-5-2-6-18-35)37-29-38(33-54-32-37)56-50-26-14-10-21-41(50)42-27-28-47-51(52(42)56)43-22-9-13-25-46(43)53(47)44-23-11-7-19-39(44)40-20-8-12-24-45(40)53/h1-30,32-33,49H,31H2. The van der Waals surface area contributed by atoms with Gasteiger partial charge in [-0.25, -0.2) is 0 Å². The molecule has 0 radical (unpaired) electrons. The summed E-state index contributed by atoms with van der Waals surface area (Å²) in [6.45, 7) is 0. The number of fused-ring (bicyclic) bond motifs is 14.